The van der Waals surface area contributed by atoms with Crippen molar-refractivity contribution in [3.05, 3.63) is 34.3 Å². The second-order valence-electron chi connectivity index (χ2n) is 4.51. The number of aromatic nitrogens is 1. The lowest BCUT2D eigenvalue weighted by Gasteiger charge is -2.03. The van der Waals surface area contributed by atoms with Crippen LogP contribution in [0, 0.1) is 0 Å². The summed E-state index contributed by atoms with van der Waals surface area (Å²) in [7, 11) is 0. The summed E-state index contributed by atoms with van der Waals surface area (Å²) < 4.78 is 10.5. The quantitative estimate of drug-likeness (QED) is 0.881. The van der Waals surface area contributed by atoms with Gasteiger partial charge in [-0.2, -0.15) is 0 Å². The van der Waals surface area contributed by atoms with E-state index in [2.05, 4.69) is 15.6 Å². The third-order valence-corrected chi connectivity index (χ3v) is 4.22. The van der Waals surface area contributed by atoms with Crippen LogP contribution in [-0.4, -0.2) is 17.7 Å². The Balaban J connectivity index is 1.55. The molecule has 1 amide bonds. The van der Waals surface area contributed by atoms with Crippen molar-refractivity contribution < 1.29 is 14.3 Å². The molecule has 4 rings (SSSR count). The van der Waals surface area contributed by atoms with Crippen LogP contribution in [0.3, 0.4) is 0 Å². The fraction of sp³-hybridized carbons (Fsp3) is 0.231. The van der Waals surface area contributed by atoms with Crippen molar-refractivity contribution in [2.24, 2.45) is 0 Å². The number of hydrogen-bond donors (Lipinski definition) is 2. The molecule has 102 valence electrons. The molecular formula is C13H11N3O3S. The Bertz CT molecular complexity index is 677. The number of rotatable bonds is 2. The minimum atomic E-state index is -0.191. The molecule has 0 fully saturated rings. The summed E-state index contributed by atoms with van der Waals surface area (Å²) in [4.78, 5) is 17.8. The number of carbonyl (C=O) groups excluding carboxylic acids is 1. The smallest absolute Gasteiger partial charge is 0.257 e. The molecule has 0 saturated carbocycles. The van der Waals surface area contributed by atoms with E-state index < -0.39 is 0 Å². The Labute approximate surface area is 118 Å². The summed E-state index contributed by atoms with van der Waals surface area (Å²) in [6, 6.07) is 5.13. The summed E-state index contributed by atoms with van der Waals surface area (Å²) in [6.45, 7) is 1.80. The van der Waals surface area contributed by atoms with Crippen LogP contribution in [0.1, 0.15) is 20.9 Å². The van der Waals surface area contributed by atoms with E-state index in [1.807, 2.05) is 0 Å². The molecule has 0 aliphatic carbocycles. The predicted octanol–water partition coefficient (Wildman–Crippen LogP) is 1.73. The molecule has 3 heterocycles. The van der Waals surface area contributed by atoms with Gasteiger partial charge >= 0.3 is 0 Å². The molecular weight excluding hydrogens is 278 g/mol. The molecule has 0 bridgehead atoms. The molecule has 0 spiro atoms. The number of fused-ring (bicyclic) bond motifs is 2. The number of benzene rings is 1. The zero-order valence-electron chi connectivity index (χ0n) is 10.4. The molecule has 7 heteroatoms. The highest BCUT2D eigenvalue weighted by Gasteiger charge is 2.19. The first-order valence-electron chi connectivity index (χ1n) is 6.20. The van der Waals surface area contributed by atoms with Gasteiger partial charge in [-0.1, -0.05) is 0 Å². The maximum Gasteiger partial charge on any atom is 0.257 e. The lowest BCUT2D eigenvalue weighted by atomic mass is 10.2. The third kappa shape index (κ3) is 1.91. The second kappa shape index (κ2) is 4.46. The first-order chi connectivity index (χ1) is 9.79. The SMILES string of the molecule is O=C(Nc1nc2c(s1)CNC2)c1ccc2c(c1)OCO2. The van der Waals surface area contributed by atoms with Crippen LogP contribution in [-0.2, 0) is 13.1 Å². The van der Waals surface area contributed by atoms with Gasteiger partial charge in [0.1, 0.15) is 0 Å². The molecule has 1 aromatic carbocycles. The van der Waals surface area contributed by atoms with Crippen LogP contribution in [0.15, 0.2) is 18.2 Å². The zero-order valence-corrected chi connectivity index (χ0v) is 11.3. The van der Waals surface area contributed by atoms with E-state index in [4.69, 9.17) is 9.47 Å². The Hall–Kier alpha value is -2.12. The number of amides is 1. The Morgan fingerprint density at radius 3 is 3.10 bits per heavy atom. The fourth-order valence-corrected chi connectivity index (χ4v) is 3.16. The van der Waals surface area contributed by atoms with Crippen LogP contribution in [0.2, 0.25) is 0 Å². The minimum absolute atomic E-state index is 0.191. The molecule has 0 atom stereocenters. The molecule has 2 N–H and O–H groups in total. The van der Waals surface area contributed by atoms with E-state index in [1.54, 1.807) is 18.2 Å². The summed E-state index contributed by atoms with van der Waals surface area (Å²) in [5.41, 5.74) is 1.55. The number of anilines is 1. The number of nitrogens with one attached hydrogen (secondary N) is 2. The van der Waals surface area contributed by atoms with Crippen molar-refractivity contribution >= 4 is 22.4 Å². The molecule has 20 heavy (non-hydrogen) atoms. The fourth-order valence-electron chi connectivity index (χ4n) is 2.21. The monoisotopic (exact) mass is 289 g/mol. The first-order valence-corrected chi connectivity index (χ1v) is 7.01. The summed E-state index contributed by atoms with van der Waals surface area (Å²) in [5, 5.41) is 6.67. The van der Waals surface area contributed by atoms with Crippen molar-refractivity contribution in [3.8, 4) is 11.5 Å². The van der Waals surface area contributed by atoms with Crippen molar-refractivity contribution in [2.75, 3.05) is 12.1 Å². The van der Waals surface area contributed by atoms with Crippen LogP contribution < -0.4 is 20.1 Å². The van der Waals surface area contributed by atoms with E-state index in [0.717, 1.165) is 18.8 Å². The van der Waals surface area contributed by atoms with Crippen molar-refractivity contribution in [2.45, 2.75) is 13.1 Å². The Kier molecular flexibility index (Phi) is 2.61. The molecule has 0 radical (unpaired) electrons. The van der Waals surface area contributed by atoms with Gasteiger partial charge in [0.2, 0.25) is 6.79 Å². The van der Waals surface area contributed by atoms with Crippen molar-refractivity contribution in [1.29, 1.82) is 0 Å². The first kappa shape index (κ1) is 11.7. The summed E-state index contributed by atoms with van der Waals surface area (Å²) in [5.74, 6) is 1.08. The topological polar surface area (TPSA) is 72.5 Å². The Morgan fingerprint density at radius 2 is 2.20 bits per heavy atom. The minimum Gasteiger partial charge on any atom is -0.454 e. The predicted molar refractivity (Wildman–Crippen MR) is 73.2 cm³/mol. The van der Waals surface area contributed by atoms with Gasteiger partial charge < -0.3 is 14.8 Å². The third-order valence-electron chi connectivity index (χ3n) is 3.21. The van der Waals surface area contributed by atoms with Gasteiger partial charge in [0, 0.05) is 23.5 Å². The molecule has 6 nitrogen and oxygen atoms in total. The highest BCUT2D eigenvalue weighted by molar-refractivity contribution is 7.15. The zero-order chi connectivity index (χ0) is 13.5. The molecule has 0 unspecified atom stereocenters. The van der Waals surface area contributed by atoms with Crippen LogP contribution in [0.4, 0.5) is 5.13 Å². The molecule has 1 aromatic heterocycles. The maximum absolute atomic E-state index is 12.2. The summed E-state index contributed by atoms with van der Waals surface area (Å²) in [6.07, 6.45) is 0. The van der Waals surface area contributed by atoms with E-state index in [1.165, 1.54) is 16.2 Å². The van der Waals surface area contributed by atoms with Gasteiger partial charge in [0.15, 0.2) is 16.6 Å². The number of ether oxygens (including phenoxy) is 2. The number of carbonyl (C=O) groups is 1. The van der Waals surface area contributed by atoms with Gasteiger partial charge in [-0.25, -0.2) is 4.98 Å². The second-order valence-corrected chi connectivity index (χ2v) is 5.60. The van der Waals surface area contributed by atoms with Crippen molar-refractivity contribution in [3.63, 3.8) is 0 Å². The van der Waals surface area contributed by atoms with Gasteiger partial charge in [-0.05, 0) is 18.2 Å². The molecule has 2 aliphatic rings. The van der Waals surface area contributed by atoms with Gasteiger partial charge in [-0.3, -0.25) is 10.1 Å². The van der Waals surface area contributed by atoms with Crippen molar-refractivity contribution in [1.82, 2.24) is 10.3 Å². The van der Waals surface area contributed by atoms with Gasteiger partial charge in [0.05, 0.1) is 5.69 Å². The number of nitrogens with zero attached hydrogens (tertiary/aromatic N) is 1. The van der Waals surface area contributed by atoms with Crippen LogP contribution in [0.5, 0.6) is 11.5 Å². The molecule has 2 aliphatic heterocycles. The molecule has 0 saturated heterocycles. The normalized spacial score (nSPS) is 15.2. The number of thiazole rings is 1. The van der Waals surface area contributed by atoms with E-state index in [9.17, 15) is 4.79 Å². The summed E-state index contributed by atoms with van der Waals surface area (Å²) >= 11 is 1.51. The highest BCUT2D eigenvalue weighted by atomic mass is 32.1. The standard InChI is InChI=1S/C13H11N3O3S/c17-12(7-1-2-9-10(3-7)19-6-18-9)16-13-15-8-4-14-5-11(8)20-13/h1-3,14H,4-6H2,(H,15,16,17). The van der Waals surface area contributed by atoms with Gasteiger partial charge in [-0.15, -0.1) is 11.3 Å². The lowest BCUT2D eigenvalue weighted by molar-refractivity contribution is 0.102. The maximum atomic E-state index is 12.2. The average Bonchev–Trinajstić information content (AvgIpc) is 3.11. The van der Waals surface area contributed by atoms with Gasteiger partial charge in [0.25, 0.3) is 5.91 Å². The lowest BCUT2D eigenvalue weighted by Crippen LogP contribution is -2.12. The van der Waals surface area contributed by atoms with E-state index in [-0.39, 0.29) is 12.7 Å². The van der Waals surface area contributed by atoms with Crippen LogP contribution in [0.25, 0.3) is 0 Å². The molecule has 2 aromatic rings. The Morgan fingerprint density at radius 1 is 1.30 bits per heavy atom. The number of hydrogen-bond acceptors (Lipinski definition) is 6. The highest BCUT2D eigenvalue weighted by Crippen LogP contribution is 2.33. The van der Waals surface area contributed by atoms with E-state index >= 15 is 0 Å². The van der Waals surface area contributed by atoms with Crippen LogP contribution >= 0.6 is 11.3 Å². The largest absolute Gasteiger partial charge is 0.454 e. The average molecular weight is 289 g/mol. The van der Waals surface area contributed by atoms with E-state index in [0.29, 0.717) is 22.2 Å².